The maximum absolute atomic E-state index is 12.1. The molecule has 0 heterocycles. The van der Waals surface area contributed by atoms with Crippen molar-refractivity contribution in [2.75, 3.05) is 0 Å². The number of hydrogen-bond donors (Lipinski definition) is 5. The van der Waals surface area contributed by atoms with Crippen LogP contribution in [0.25, 0.3) is 0 Å². The van der Waals surface area contributed by atoms with E-state index in [1.54, 1.807) is 6.92 Å². The minimum Gasteiger partial charge on any atom is -0.481 e. The van der Waals surface area contributed by atoms with Crippen LogP contribution in [0.4, 0.5) is 0 Å². The third-order valence-corrected chi connectivity index (χ3v) is 6.05. The molecule has 2 unspecified atom stereocenters. The predicted molar refractivity (Wildman–Crippen MR) is 136 cm³/mol. The molecule has 10 nitrogen and oxygen atoms in total. The fourth-order valence-electron chi connectivity index (χ4n) is 3.94. The molecule has 10 heteroatoms. The van der Waals surface area contributed by atoms with Crippen molar-refractivity contribution in [3.05, 3.63) is 0 Å². The zero-order chi connectivity index (χ0) is 27.2. The normalized spacial score (nSPS) is 12.5. The molecule has 0 saturated carbocycles. The van der Waals surface area contributed by atoms with E-state index in [2.05, 4.69) is 10.6 Å². The number of carbonyl (C=O) groups is 5. The Balaban J connectivity index is 3.85. The van der Waals surface area contributed by atoms with Crippen LogP contribution in [0, 0.1) is 0 Å². The second-order valence-electron chi connectivity index (χ2n) is 9.38. The van der Waals surface area contributed by atoms with Crippen LogP contribution in [0.2, 0.25) is 0 Å². The third-order valence-electron chi connectivity index (χ3n) is 6.05. The topological polar surface area (TPSA) is 170 Å². The highest BCUT2D eigenvalue weighted by atomic mass is 16.4. The van der Waals surface area contributed by atoms with E-state index in [1.807, 2.05) is 0 Å². The minimum atomic E-state index is -1.22. The van der Waals surface area contributed by atoms with E-state index in [9.17, 15) is 29.1 Å². The molecule has 0 aromatic rings. The maximum Gasteiger partial charge on any atom is 0.326 e. The van der Waals surface area contributed by atoms with E-state index in [0.717, 1.165) is 51.4 Å². The van der Waals surface area contributed by atoms with E-state index in [1.165, 1.54) is 19.3 Å². The molecule has 0 fully saturated rings. The molecule has 0 aliphatic carbocycles. The highest BCUT2D eigenvalue weighted by Crippen LogP contribution is 2.13. The largest absolute Gasteiger partial charge is 0.481 e. The molecule has 5 N–H and O–H groups in total. The van der Waals surface area contributed by atoms with E-state index < -0.39 is 35.9 Å². The quantitative estimate of drug-likeness (QED) is 0.119. The van der Waals surface area contributed by atoms with Gasteiger partial charge >= 0.3 is 17.9 Å². The van der Waals surface area contributed by atoms with Gasteiger partial charge in [-0.05, 0) is 25.7 Å². The lowest BCUT2D eigenvalue weighted by Crippen LogP contribution is -2.43. The Kier molecular flexibility index (Phi) is 20.0. The fraction of sp³-hybridized carbons (Fsp3) is 0.808. The minimum absolute atomic E-state index is 0.103. The summed E-state index contributed by atoms with van der Waals surface area (Å²) >= 11 is 0. The van der Waals surface area contributed by atoms with Crippen molar-refractivity contribution < 1.29 is 39.3 Å². The summed E-state index contributed by atoms with van der Waals surface area (Å²) in [4.78, 5) is 57.1. The first-order valence-corrected chi connectivity index (χ1v) is 13.4. The molecule has 0 radical (unpaired) electrons. The lowest BCUT2D eigenvalue weighted by atomic mass is 10.0. The molecule has 2 amide bonds. The van der Waals surface area contributed by atoms with Crippen LogP contribution in [0.15, 0.2) is 0 Å². The third kappa shape index (κ3) is 19.6. The zero-order valence-corrected chi connectivity index (χ0v) is 21.8. The van der Waals surface area contributed by atoms with E-state index in [-0.39, 0.29) is 38.0 Å². The van der Waals surface area contributed by atoms with Crippen molar-refractivity contribution in [1.82, 2.24) is 10.6 Å². The molecule has 0 bridgehead atoms. The lowest BCUT2D eigenvalue weighted by Gasteiger charge is -2.16. The van der Waals surface area contributed by atoms with Crippen LogP contribution < -0.4 is 10.6 Å². The van der Waals surface area contributed by atoms with Gasteiger partial charge in [-0.2, -0.15) is 0 Å². The number of nitrogens with one attached hydrogen (secondary N) is 2. The Morgan fingerprint density at radius 3 is 1.28 bits per heavy atom. The van der Waals surface area contributed by atoms with Gasteiger partial charge in [-0.25, -0.2) is 9.59 Å². The molecule has 0 spiro atoms. The first-order valence-electron chi connectivity index (χ1n) is 13.4. The number of rotatable bonds is 24. The molecule has 208 valence electrons. The van der Waals surface area contributed by atoms with Crippen molar-refractivity contribution in [3.63, 3.8) is 0 Å². The smallest absolute Gasteiger partial charge is 0.326 e. The monoisotopic (exact) mass is 514 g/mol. The standard InChI is InChI=1S/C26H46N2O8/c1-2-15-20(25(33)34)27-23(30)19-18-21(26(35)36)28-22(29)16-13-11-9-7-5-3-4-6-8-10-12-14-17-24(31)32/h20-21H,2-19H2,1H3,(H,27,30)(H,28,29)(H,31,32)(H,33,34)(H,35,36). The fourth-order valence-corrected chi connectivity index (χ4v) is 3.94. The van der Waals surface area contributed by atoms with Gasteiger partial charge < -0.3 is 26.0 Å². The molecule has 36 heavy (non-hydrogen) atoms. The molecule has 0 aliphatic rings. The van der Waals surface area contributed by atoms with Gasteiger partial charge in [0.1, 0.15) is 12.1 Å². The van der Waals surface area contributed by atoms with Crippen LogP contribution in [0.1, 0.15) is 122 Å². The Hall–Kier alpha value is -2.65. The summed E-state index contributed by atoms with van der Waals surface area (Å²) in [5.74, 6) is -3.99. The Morgan fingerprint density at radius 2 is 0.889 bits per heavy atom. The Labute approximate surface area is 214 Å². The first kappa shape index (κ1) is 33.4. The van der Waals surface area contributed by atoms with Gasteiger partial charge in [0.05, 0.1) is 0 Å². The number of carboxylic acids is 3. The average molecular weight is 515 g/mol. The number of aliphatic carboxylic acids is 3. The van der Waals surface area contributed by atoms with Gasteiger partial charge in [0.2, 0.25) is 11.8 Å². The molecule has 2 atom stereocenters. The summed E-state index contributed by atoms with van der Waals surface area (Å²) in [6.45, 7) is 1.80. The highest BCUT2D eigenvalue weighted by Gasteiger charge is 2.23. The summed E-state index contributed by atoms with van der Waals surface area (Å²) in [5, 5.41) is 31.9. The summed E-state index contributed by atoms with van der Waals surface area (Å²) < 4.78 is 0. The summed E-state index contributed by atoms with van der Waals surface area (Å²) in [6.07, 6.45) is 13.4. The van der Waals surface area contributed by atoms with Crippen molar-refractivity contribution in [2.24, 2.45) is 0 Å². The van der Waals surface area contributed by atoms with E-state index in [4.69, 9.17) is 10.2 Å². The van der Waals surface area contributed by atoms with Gasteiger partial charge in [-0.1, -0.05) is 77.6 Å². The Bertz CT molecular complexity index is 668. The van der Waals surface area contributed by atoms with Gasteiger partial charge in [-0.3, -0.25) is 14.4 Å². The van der Waals surface area contributed by atoms with Crippen LogP contribution in [0.5, 0.6) is 0 Å². The second kappa shape index (κ2) is 21.6. The molecule has 0 aliphatic heterocycles. The summed E-state index contributed by atoms with van der Waals surface area (Å²) in [7, 11) is 0. The molecule has 0 aromatic carbocycles. The van der Waals surface area contributed by atoms with Crippen LogP contribution in [-0.4, -0.2) is 57.1 Å². The van der Waals surface area contributed by atoms with Crippen molar-refractivity contribution in [2.45, 2.75) is 135 Å². The molecular weight excluding hydrogens is 468 g/mol. The predicted octanol–water partition coefficient (Wildman–Crippen LogP) is 4.25. The summed E-state index contributed by atoms with van der Waals surface area (Å²) in [6, 6.07) is -2.18. The highest BCUT2D eigenvalue weighted by molar-refractivity contribution is 5.86. The SMILES string of the molecule is CCCC(NC(=O)CCC(NC(=O)CCCCCCCCCCCCCCC(=O)O)C(=O)O)C(=O)O. The first-order chi connectivity index (χ1) is 17.2. The maximum atomic E-state index is 12.1. The molecule has 0 rings (SSSR count). The summed E-state index contributed by atoms with van der Waals surface area (Å²) in [5.41, 5.74) is 0. The van der Waals surface area contributed by atoms with Crippen molar-refractivity contribution >= 4 is 29.7 Å². The van der Waals surface area contributed by atoms with Crippen molar-refractivity contribution in [3.8, 4) is 0 Å². The van der Waals surface area contributed by atoms with Crippen LogP contribution in [0.3, 0.4) is 0 Å². The van der Waals surface area contributed by atoms with Crippen LogP contribution >= 0.6 is 0 Å². The molecule has 0 aromatic heterocycles. The van der Waals surface area contributed by atoms with Gasteiger partial charge in [0, 0.05) is 19.3 Å². The number of carboxylic acid groups (broad SMARTS) is 3. The lowest BCUT2D eigenvalue weighted by molar-refractivity contribution is -0.143. The molecule has 0 saturated heterocycles. The number of carbonyl (C=O) groups excluding carboxylic acids is 2. The number of hydrogen-bond acceptors (Lipinski definition) is 5. The zero-order valence-electron chi connectivity index (χ0n) is 21.8. The van der Waals surface area contributed by atoms with Gasteiger partial charge in [-0.15, -0.1) is 0 Å². The van der Waals surface area contributed by atoms with Crippen LogP contribution in [-0.2, 0) is 24.0 Å². The van der Waals surface area contributed by atoms with Gasteiger partial charge in [0.15, 0.2) is 0 Å². The van der Waals surface area contributed by atoms with Gasteiger partial charge in [0.25, 0.3) is 0 Å². The molecular formula is C26H46N2O8. The number of amides is 2. The van der Waals surface area contributed by atoms with Crippen molar-refractivity contribution in [1.29, 1.82) is 0 Å². The van der Waals surface area contributed by atoms with E-state index >= 15 is 0 Å². The average Bonchev–Trinajstić information content (AvgIpc) is 2.81. The second-order valence-corrected chi connectivity index (χ2v) is 9.38. The Morgan fingerprint density at radius 1 is 0.528 bits per heavy atom. The van der Waals surface area contributed by atoms with E-state index in [0.29, 0.717) is 12.8 Å². The number of unbranched alkanes of at least 4 members (excludes halogenated alkanes) is 11.